The zero-order chi connectivity index (χ0) is 15.5. The molecule has 116 valence electrons. The number of nitrogens with one attached hydrogen (secondary N) is 2. The fourth-order valence-corrected chi connectivity index (χ4v) is 2.17. The molecule has 3 amide bonds. The van der Waals surface area contributed by atoms with E-state index in [4.69, 9.17) is 4.74 Å². The van der Waals surface area contributed by atoms with Crippen molar-refractivity contribution in [2.75, 3.05) is 25.5 Å². The number of carbonyl (C=O) groups excluding carboxylic acids is 2. The number of hydrogen-bond acceptors (Lipinski definition) is 4. The molecule has 0 aliphatic heterocycles. The molecular formula is C14H19FN2O3S. The molecular weight excluding hydrogens is 295 g/mol. The molecule has 0 radical (unpaired) electrons. The van der Waals surface area contributed by atoms with Crippen LogP contribution in [0.2, 0.25) is 0 Å². The average Bonchev–Trinajstić information content (AvgIpc) is 2.46. The van der Waals surface area contributed by atoms with E-state index in [1.54, 1.807) is 18.2 Å². The van der Waals surface area contributed by atoms with Crippen molar-refractivity contribution < 1.29 is 18.7 Å². The van der Waals surface area contributed by atoms with Gasteiger partial charge in [0.2, 0.25) is 5.91 Å². The van der Waals surface area contributed by atoms with Crippen LogP contribution < -0.4 is 10.6 Å². The molecule has 0 atom stereocenters. The first-order chi connectivity index (χ1) is 10.1. The number of carbonyl (C=O) groups is 2. The van der Waals surface area contributed by atoms with Crippen LogP contribution in [0.3, 0.4) is 0 Å². The maximum atomic E-state index is 13.3. The van der Waals surface area contributed by atoms with Crippen LogP contribution in [0.25, 0.3) is 0 Å². The molecule has 0 fully saturated rings. The molecule has 0 aliphatic carbocycles. The number of imide groups is 1. The molecule has 0 aliphatic rings. The van der Waals surface area contributed by atoms with Gasteiger partial charge in [0, 0.05) is 24.7 Å². The topological polar surface area (TPSA) is 67.4 Å². The Labute approximate surface area is 127 Å². The van der Waals surface area contributed by atoms with Crippen LogP contribution in [0.1, 0.15) is 13.3 Å². The van der Waals surface area contributed by atoms with Crippen molar-refractivity contribution in [3.8, 4) is 0 Å². The third-order valence-corrected chi connectivity index (χ3v) is 3.45. The number of amides is 3. The smallest absolute Gasteiger partial charge is 0.321 e. The first-order valence-electron chi connectivity index (χ1n) is 6.66. The molecule has 5 nitrogen and oxygen atoms in total. The molecule has 1 rings (SSSR count). The Balaban J connectivity index is 2.18. The lowest BCUT2D eigenvalue weighted by Gasteiger charge is -2.07. The van der Waals surface area contributed by atoms with E-state index in [9.17, 15) is 14.0 Å². The number of rotatable bonds is 8. The predicted molar refractivity (Wildman–Crippen MR) is 79.8 cm³/mol. The summed E-state index contributed by atoms with van der Waals surface area (Å²) in [6, 6.07) is 5.63. The fraction of sp³-hybridized carbons (Fsp3) is 0.429. The van der Waals surface area contributed by atoms with Crippen LogP contribution in [-0.4, -0.2) is 37.4 Å². The highest BCUT2D eigenvalue weighted by molar-refractivity contribution is 8.00. The van der Waals surface area contributed by atoms with Crippen molar-refractivity contribution in [2.45, 2.75) is 18.2 Å². The molecule has 0 saturated heterocycles. The van der Waals surface area contributed by atoms with Gasteiger partial charge in [0.25, 0.3) is 0 Å². The third kappa shape index (κ3) is 7.67. The van der Waals surface area contributed by atoms with Crippen molar-refractivity contribution in [3.05, 3.63) is 30.1 Å². The lowest BCUT2D eigenvalue weighted by atomic mass is 10.3. The van der Waals surface area contributed by atoms with Crippen LogP contribution in [0.4, 0.5) is 9.18 Å². The summed E-state index contributed by atoms with van der Waals surface area (Å²) in [6.07, 6.45) is 0.680. The molecule has 21 heavy (non-hydrogen) atoms. The molecule has 0 aromatic heterocycles. The van der Waals surface area contributed by atoms with Crippen molar-refractivity contribution in [1.82, 2.24) is 10.6 Å². The zero-order valence-electron chi connectivity index (χ0n) is 11.9. The molecule has 7 heteroatoms. The molecule has 2 N–H and O–H groups in total. The second kappa shape index (κ2) is 10.2. The first-order valence-corrected chi connectivity index (χ1v) is 7.64. The number of halogens is 1. The highest BCUT2D eigenvalue weighted by Crippen LogP contribution is 2.20. The minimum atomic E-state index is -0.550. The molecule has 0 bridgehead atoms. The van der Waals surface area contributed by atoms with Gasteiger partial charge in [-0.3, -0.25) is 10.1 Å². The maximum absolute atomic E-state index is 13.3. The van der Waals surface area contributed by atoms with Crippen molar-refractivity contribution >= 4 is 23.7 Å². The van der Waals surface area contributed by atoms with Gasteiger partial charge in [0.1, 0.15) is 5.82 Å². The number of thioether (sulfide) groups is 1. The van der Waals surface area contributed by atoms with Crippen LogP contribution in [0.15, 0.2) is 29.2 Å². The highest BCUT2D eigenvalue weighted by Gasteiger charge is 2.09. The van der Waals surface area contributed by atoms with Crippen molar-refractivity contribution in [3.63, 3.8) is 0 Å². The van der Waals surface area contributed by atoms with Crippen LogP contribution >= 0.6 is 11.8 Å². The second-order valence-electron chi connectivity index (χ2n) is 4.07. The van der Waals surface area contributed by atoms with E-state index in [0.717, 1.165) is 11.8 Å². The summed E-state index contributed by atoms with van der Waals surface area (Å²) < 4.78 is 18.4. The van der Waals surface area contributed by atoms with Crippen LogP contribution in [-0.2, 0) is 9.53 Å². The summed E-state index contributed by atoms with van der Waals surface area (Å²) in [4.78, 5) is 23.3. The number of benzene rings is 1. The molecule has 0 saturated carbocycles. The summed E-state index contributed by atoms with van der Waals surface area (Å²) in [5.41, 5.74) is 0. The average molecular weight is 314 g/mol. The van der Waals surface area contributed by atoms with E-state index in [-0.39, 0.29) is 11.6 Å². The molecule has 0 heterocycles. The largest absolute Gasteiger partial charge is 0.382 e. The minimum absolute atomic E-state index is 0.0205. The predicted octanol–water partition coefficient (Wildman–Crippen LogP) is 2.17. The Morgan fingerprint density at radius 1 is 1.33 bits per heavy atom. The van der Waals surface area contributed by atoms with E-state index in [2.05, 4.69) is 10.6 Å². The van der Waals surface area contributed by atoms with Gasteiger partial charge in [-0.1, -0.05) is 12.1 Å². The lowest BCUT2D eigenvalue weighted by molar-refractivity contribution is -0.117. The standard InChI is InChI=1S/C14H19FN2O3S/c1-2-20-9-5-8-16-14(19)17-13(18)10-21-12-7-4-3-6-11(12)15/h3-4,6-7H,2,5,8-10H2,1H3,(H2,16,17,18,19). The summed E-state index contributed by atoms with van der Waals surface area (Å²) in [5, 5.41) is 4.74. The Morgan fingerprint density at radius 3 is 2.81 bits per heavy atom. The van der Waals surface area contributed by atoms with Gasteiger partial charge in [-0.25, -0.2) is 9.18 Å². The molecule has 1 aromatic carbocycles. The van der Waals surface area contributed by atoms with Gasteiger partial charge in [-0.2, -0.15) is 0 Å². The van der Waals surface area contributed by atoms with E-state index in [1.165, 1.54) is 6.07 Å². The summed E-state index contributed by atoms with van der Waals surface area (Å²) >= 11 is 1.05. The van der Waals surface area contributed by atoms with Gasteiger partial charge >= 0.3 is 6.03 Å². The van der Waals surface area contributed by atoms with E-state index in [1.807, 2.05) is 6.92 Å². The normalized spacial score (nSPS) is 10.2. The van der Waals surface area contributed by atoms with Crippen LogP contribution in [0.5, 0.6) is 0 Å². The third-order valence-electron chi connectivity index (χ3n) is 2.40. The lowest BCUT2D eigenvalue weighted by Crippen LogP contribution is -2.40. The SMILES string of the molecule is CCOCCCNC(=O)NC(=O)CSc1ccccc1F. The fourth-order valence-electron chi connectivity index (χ4n) is 1.43. The van der Waals surface area contributed by atoms with Crippen molar-refractivity contribution in [1.29, 1.82) is 0 Å². The summed E-state index contributed by atoms with van der Waals surface area (Å²) in [6.45, 7) is 3.53. The van der Waals surface area contributed by atoms with Gasteiger partial charge in [-0.15, -0.1) is 11.8 Å². The Bertz CT molecular complexity index is 471. The van der Waals surface area contributed by atoms with Gasteiger partial charge in [0.15, 0.2) is 0 Å². The quantitative estimate of drug-likeness (QED) is 0.570. The van der Waals surface area contributed by atoms with Crippen molar-refractivity contribution in [2.24, 2.45) is 0 Å². The van der Waals surface area contributed by atoms with Gasteiger partial charge < -0.3 is 10.1 Å². The van der Waals surface area contributed by atoms with Crippen LogP contribution in [0, 0.1) is 5.82 Å². The highest BCUT2D eigenvalue weighted by atomic mass is 32.2. The Kier molecular flexibility index (Phi) is 8.45. The monoisotopic (exact) mass is 314 g/mol. The molecule has 0 spiro atoms. The Morgan fingerprint density at radius 2 is 2.10 bits per heavy atom. The first kappa shape index (κ1) is 17.5. The van der Waals surface area contributed by atoms with Gasteiger partial charge in [0.05, 0.1) is 5.75 Å². The summed E-state index contributed by atoms with van der Waals surface area (Å²) in [7, 11) is 0. The maximum Gasteiger partial charge on any atom is 0.321 e. The van der Waals surface area contributed by atoms with Gasteiger partial charge in [-0.05, 0) is 25.5 Å². The minimum Gasteiger partial charge on any atom is -0.382 e. The molecule has 1 aromatic rings. The van der Waals surface area contributed by atoms with E-state index < -0.39 is 11.9 Å². The van der Waals surface area contributed by atoms with E-state index in [0.29, 0.717) is 31.1 Å². The molecule has 0 unspecified atom stereocenters. The number of ether oxygens (including phenoxy) is 1. The second-order valence-corrected chi connectivity index (χ2v) is 5.09. The number of urea groups is 1. The number of hydrogen-bond donors (Lipinski definition) is 2. The van der Waals surface area contributed by atoms with E-state index >= 15 is 0 Å². The zero-order valence-corrected chi connectivity index (χ0v) is 12.7. The Hall–Kier alpha value is -1.60. The summed E-state index contributed by atoms with van der Waals surface area (Å²) in [5.74, 6) is -0.867.